The van der Waals surface area contributed by atoms with Gasteiger partial charge in [0.05, 0.1) is 5.60 Å². The third-order valence-corrected chi connectivity index (χ3v) is 4.61. The summed E-state index contributed by atoms with van der Waals surface area (Å²) in [5, 5.41) is 14.1. The molecule has 0 aliphatic heterocycles. The molecule has 3 heteroatoms. The van der Waals surface area contributed by atoms with E-state index >= 15 is 0 Å². The normalized spacial score (nSPS) is 20.2. The van der Waals surface area contributed by atoms with Crippen LogP contribution in [0.25, 0.3) is 0 Å². The second-order valence-corrected chi connectivity index (χ2v) is 6.60. The Balaban J connectivity index is 1.95. The fraction of sp³-hybridized carbons (Fsp3) is 0.625. The van der Waals surface area contributed by atoms with Crippen molar-refractivity contribution in [2.24, 2.45) is 0 Å². The van der Waals surface area contributed by atoms with Crippen LogP contribution < -0.4 is 5.32 Å². The minimum absolute atomic E-state index is 0.323. The lowest BCUT2D eigenvalue weighted by Gasteiger charge is -2.34. The van der Waals surface area contributed by atoms with Crippen molar-refractivity contribution in [3.8, 4) is 0 Å². The van der Waals surface area contributed by atoms with Gasteiger partial charge in [-0.1, -0.05) is 54.2 Å². The Labute approximate surface area is 124 Å². The Kier molecular flexibility index (Phi) is 5.43. The number of halogens is 1. The predicted molar refractivity (Wildman–Crippen MR) is 83.2 cm³/mol. The van der Waals surface area contributed by atoms with Gasteiger partial charge in [0.25, 0.3) is 0 Å². The molecule has 106 valence electrons. The van der Waals surface area contributed by atoms with Crippen LogP contribution in [-0.4, -0.2) is 17.3 Å². The summed E-state index contributed by atoms with van der Waals surface area (Å²) in [6.45, 7) is 2.89. The molecule has 0 bridgehead atoms. The first-order valence-corrected chi connectivity index (χ1v) is 8.13. The molecule has 0 saturated heterocycles. The molecule has 0 radical (unpaired) electrons. The van der Waals surface area contributed by atoms with Crippen molar-refractivity contribution >= 4 is 15.9 Å². The largest absolute Gasteiger partial charge is 0.389 e. The number of benzene rings is 1. The van der Waals surface area contributed by atoms with Gasteiger partial charge in [0.15, 0.2) is 0 Å². The molecule has 1 unspecified atom stereocenters. The van der Waals surface area contributed by atoms with Crippen molar-refractivity contribution in [3.63, 3.8) is 0 Å². The summed E-state index contributed by atoms with van der Waals surface area (Å²) in [6.07, 6.45) is 6.50. The van der Waals surface area contributed by atoms with Gasteiger partial charge in [-0.15, -0.1) is 0 Å². The summed E-state index contributed by atoms with van der Waals surface area (Å²) < 4.78 is 1.11. The van der Waals surface area contributed by atoms with E-state index in [2.05, 4.69) is 46.4 Å². The van der Waals surface area contributed by atoms with E-state index in [0.29, 0.717) is 12.6 Å². The molecule has 1 aliphatic carbocycles. The molecule has 1 aromatic carbocycles. The standard InChI is InChI=1S/C16H24BrNO/c1-2-15(13-7-6-8-14(17)11-13)18-12-16(19)9-4-3-5-10-16/h6-8,11,15,18-19H,2-5,9-10,12H2,1H3. The molecule has 1 saturated carbocycles. The maximum absolute atomic E-state index is 10.5. The SMILES string of the molecule is CCC(NCC1(O)CCCCC1)c1cccc(Br)c1. The van der Waals surface area contributed by atoms with Gasteiger partial charge in [-0.25, -0.2) is 0 Å². The van der Waals surface area contributed by atoms with Crippen molar-refractivity contribution in [3.05, 3.63) is 34.3 Å². The summed E-state index contributed by atoms with van der Waals surface area (Å²) in [4.78, 5) is 0. The fourth-order valence-electron chi connectivity index (χ4n) is 2.92. The third-order valence-electron chi connectivity index (χ3n) is 4.12. The van der Waals surface area contributed by atoms with Crippen molar-refractivity contribution in [2.75, 3.05) is 6.54 Å². The first kappa shape index (κ1) is 15.0. The Hall–Kier alpha value is -0.380. The highest BCUT2D eigenvalue weighted by molar-refractivity contribution is 9.10. The van der Waals surface area contributed by atoms with Crippen LogP contribution in [-0.2, 0) is 0 Å². The molecule has 1 aliphatic rings. The van der Waals surface area contributed by atoms with Crippen LogP contribution in [0.3, 0.4) is 0 Å². The zero-order valence-corrected chi connectivity index (χ0v) is 13.2. The van der Waals surface area contributed by atoms with Crippen LogP contribution in [0.1, 0.15) is 57.1 Å². The van der Waals surface area contributed by atoms with Crippen LogP contribution in [0.2, 0.25) is 0 Å². The number of aliphatic hydroxyl groups is 1. The average Bonchev–Trinajstić information content (AvgIpc) is 2.40. The molecule has 0 spiro atoms. The van der Waals surface area contributed by atoms with Gasteiger partial charge in [0.1, 0.15) is 0 Å². The fourth-order valence-corrected chi connectivity index (χ4v) is 3.34. The molecule has 2 N–H and O–H groups in total. The van der Waals surface area contributed by atoms with Gasteiger partial charge < -0.3 is 10.4 Å². The number of rotatable bonds is 5. The van der Waals surface area contributed by atoms with Crippen molar-refractivity contribution in [1.29, 1.82) is 0 Å². The highest BCUT2D eigenvalue weighted by Gasteiger charge is 2.29. The Morgan fingerprint density at radius 2 is 2.05 bits per heavy atom. The molecule has 0 amide bonds. The minimum atomic E-state index is -0.488. The highest BCUT2D eigenvalue weighted by atomic mass is 79.9. The number of hydrogen-bond acceptors (Lipinski definition) is 2. The van der Waals surface area contributed by atoms with Gasteiger partial charge in [-0.05, 0) is 37.0 Å². The van der Waals surface area contributed by atoms with Gasteiger partial charge in [0, 0.05) is 17.1 Å². The van der Waals surface area contributed by atoms with E-state index in [9.17, 15) is 5.11 Å². The zero-order chi connectivity index (χ0) is 13.7. The summed E-state index contributed by atoms with van der Waals surface area (Å²) in [5.74, 6) is 0. The Bertz CT molecular complexity index is 401. The molecule has 1 atom stereocenters. The summed E-state index contributed by atoms with van der Waals surface area (Å²) in [7, 11) is 0. The quantitative estimate of drug-likeness (QED) is 0.850. The van der Waals surface area contributed by atoms with E-state index in [1.165, 1.54) is 12.0 Å². The maximum Gasteiger partial charge on any atom is 0.0771 e. The van der Waals surface area contributed by atoms with Gasteiger partial charge >= 0.3 is 0 Å². The number of hydrogen-bond donors (Lipinski definition) is 2. The van der Waals surface area contributed by atoms with Crippen molar-refractivity contribution < 1.29 is 5.11 Å². The third kappa shape index (κ3) is 4.30. The molecule has 19 heavy (non-hydrogen) atoms. The minimum Gasteiger partial charge on any atom is -0.389 e. The monoisotopic (exact) mass is 325 g/mol. The first-order valence-electron chi connectivity index (χ1n) is 7.34. The van der Waals surface area contributed by atoms with Gasteiger partial charge in [0.2, 0.25) is 0 Å². The highest BCUT2D eigenvalue weighted by Crippen LogP contribution is 2.28. The molecule has 0 heterocycles. The maximum atomic E-state index is 10.5. The van der Waals surface area contributed by atoms with E-state index in [4.69, 9.17) is 0 Å². The van der Waals surface area contributed by atoms with E-state index in [-0.39, 0.29) is 0 Å². The van der Waals surface area contributed by atoms with Crippen LogP contribution in [0.15, 0.2) is 28.7 Å². The predicted octanol–water partition coefficient (Wildman–Crippen LogP) is 4.19. The molecule has 2 rings (SSSR count). The van der Waals surface area contributed by atoms with E-state index in [1.54, 1.807) is 0 Å². The Morgan fingerprint density at radius 3 is 2.68 bits per heavy atom. The van der Waals surface area contributed by atoms with Crippen LogP contribution >= 0.6 is 15.9 Å². The van der Waals surface area contributed by atoms with Gasteiger partial charge in [-0.3, -0.25) is 0 Å². The molecular formula is C16H24BrNO. The zero-order valence-electron chi connectivity index (χ0n) is 11.7. The van der Waals surface area contributed by atoms with Gasteiger partial charge in [-0.2, -0.15) is 0 Å². The lowest BCUT2D eigenvalue weighted by atomic mass is 9.84. The second-order valence-electron chi connectivity index (χ2n) is 5.68. The number of nitrogens with one attached hydrogen (secondary N) is 1. The average molecular weight is 326 g/mol. The van der Waals surface area contributed by atoms with Crippen LogP contribution in [0.4, 0.5) is 0 Å². The molecule has 1 aromatic rings. The smallest absolute Gasteiger partial charge is 0.0771 e. The van der Waals surface area contributed by atoms with Crippen molar-refractivity contribution in [2.45, 2.75) is 57.1 Å². The Morgan fingerprint density at radius 1 is 1.32 bits per heavy atom. The lowest BCUT2D eigenvalue weighted by molar-refractivity contribution is 0.00248. The summed E-state index contributed by atoms with van der Waals surface area (Å²) in [6, 6.07) is 8.75. The molecule has 2 nitrogen and oxygen atoms in total. The van der Waals surface area contributed by atoms with Crippen molar-refractivity contribution in [1.82, 2.24) is 5.32 Å². The topological polar surface area (TPSA) is 32.3 Å². The summed E-state index contributed by atoms with van der Waals surface area (Å²) in [5.41, 5.74) is 0.800. The summed E-state index contributed by atoms with van der Waals surface area (Å²) >= 11 is 3.52. The van der Waals surface area contributed by atoms with E-state index in [0.717, 1.165) is 36.6 Å². The lowest BCUT2D eigenvalue weighted by Crippen LogP contribution is -2.43. The molecular weight excluding hydrogens is 302 g/mol. The molecule has 1 fully saturated rings. The first-order chi connectivity index (χ1) is 9.13. The van der Waals surface area contributed by atoms with Crippen LogP contribution in [0.5, 0.6) is 0 Å². The molecule has 0 aromatic heterocycles. The van der Waals surface area contributed by atoms with E-state index in [1.807, 2.05) is 6.07 Å². The second kappa shape index (κ2) is 6.87. The van der Waals surface area contributed by atoms with E-state index < -0.39 is 5.60 Å². The van der Waals surface area contributed by atoms with Crippen LogP contribution in [0, 0.1) is 0 Å².